The summed E-state index contributed by atoms with van der Waals surface area (Å²) in [5.74, 6) is -0.802. The van der Waals surface area contributed by atoms with Gasteiger partial charge >= 0.3 is 5.97 Å². The van der Waals surface area contributed by atoms with Gasteiger partial charge in [-0.2, -0.15) is 0 Å². The summed E-state index contributed by atoms with van der Waals surface area (Å²) >= 11 is 0. The van der Waals surface area contributed by atoms with Crippen molar-refractivity contribution >= 4 is 5.97 Å². The summed E-state index contributed by atoms with van der Waals surface area (Å²) in [7, 11) is 0. The molecule has 0 aliphatic rings. The van der Waals surface area contributed by atoms with E-state index in [1.165, 1.54) is 0 Å². The van der Waals surface area contributed by atoms with Gasteiger partial charge in [-0.1, -0.05) is 63.4 Å². The predicted octanol–water partition coefficient (Wildman–Crippen LogP) is 3.76. The normalized spacial score (nSPS) is 14.0. The molecule has 0 spiro atoms. The first-order chi connectivity index (χ1) is 9.19. The molecular formula is C16H25NO2. The lowest BCUT2D eigenvalue weighted by Crippen LogP contribution is -2.37. The molecule has 3 nitrogen and oxygen atoms in total. The van der Waals surface area contributed by atoms with Gasteiger partial charge in [0.25, 0.3) is 0 Å². The van der Waals surface area contributed by atoms with Crippen LogP contribution in [0.4, 0.5) is 0 Å². The highest BCUT2D eigenvalue weighted by Crippen LogP contribution is 2.17. The average molecular weight is 263 g/mol. The van der Waals surface area contributed by atoms with Crippen LogP contribution in [0, 0.1) is 0 Å². The van der Waals surface area contributed by atoms with Gasteiger partial charge in [0, 0.05) is 6.04 Å². The van der Waals surface area contributed by atoms with Crippen LogP contribution in [0.5, 0.6) is 0 Å². The molecule has 2 N–H and O–H groups in total. The summed E-state index contributed by atoms with van der Waals surface area (Å²) in [5.41, 5.74) is 0.826. The Balaban J connectivity index is 2.73. The van der Waals surface area contributed by atoms with E-state index in [4.69, 9.17) is 0 Å². The number of benzene rings is 1. The smallest absolute Gasteiger partial charge is 0.325 e. The topological polar surface area (TPSA) is 49.3 Å². The van der Waals surface area contributed by atoms with Crippen LogP contribution < -0.4 is 5.32 Å². The maximum Gasteiger partial charge on any atom is 0.325 e. The van der Waals surface area contributed by atoms with E-state index in [-0.39, 0.29) is 6.04 Å². The van der Waals surface area contributed by atoms with E-state index in [1.807, 2.05) is 30.3 Å². The molecule has 0 aromatic heterocycles. The largest absolute Gasteiger partial charge is 0.480 e. The fourth-order valence-electron chi connectivity index (χ4n) is 2.30. The average Bonchev–Trinajstić information content (AvgIpc) is 2.42. The number of carboxylic acids is 1. The molecule has 0 aliphatic carbocycles. The third-order valence-corrected chi connectivity index (χ3v) is 3.33. The number of rotatable bonds is 9. The Morgan fingerprint density at radius 2 is 1.84 bits per heavy atom. The van der Waals surface area contributed by atoms with Crippen LogP contribution in [0.2, 0.25) is 0 Å². The van der Waals surface area contributed by atoms with E-state index < -0.39 is 12.0 Å². The molecule has 0 radical (unpaired) electrons. The van der Waals surface area contributed by atoms with Crippen molar-refractivity contribution in [2.75, 3.05) is 0 Å². The van der Waals surface area contributed by atoms with Crippen molar-refractivity contribution in [3.8, 4) is 0 Å². The molecule has 19 heavy (non-hydrogen) atoms. The third kappa shape index (κ3) is 5.43. The minimum absolute atomic E-state index is 0.284. The molecule has 0 bridgehead atoms. The fraction of sp³-hybridized carbons (Fsp3) is 0.562. The van der Waals surface area contributed by atoms with Crippen molar-refractivity contribution in [1.29, 1.82) is 0 Å². The van der Waals surface area contributed by atoms with E-state index in [2.05, 4.69) is 19.2 Å². The number of aliphatic carboxylic acids is 1. The van der Waals surface area contributed by atoms with Gasteiger partial charge in [-0.05, 0) is 18.4 Å². The van der Waals surface area contributed by atoms with E-state index in [0.29, 0.717) is 0 Å². The molecule has 2 atom stereocenters. The molecule has 0 heterocycles. The summed E-state index contributed by atoms with van der Waals surface area (Å²) in [6, 6.07) is 9.09. The monoisotopic (exact) mass is 263 g/mol. The lowest BCUT2D eigenvalue weighted by molar-refractivity contribution is -0.140. The van der Waals surface area contributed by atoms with Crippen molar-refractivity contribution in [2.24, 2.45) is 0 Å². The Morgan fingerprint density at radius 3 is 2.37 bits per heavy atom. The van der Waals surface area contributed by atoms with Gasteiger partial charge in [-0.25, -0.2) is 0 Å². The Kier molecular flexibility index (Phi) is 7.19. The SMILES string of the molecule is CCCCC(CCC)NC(C(=O)O)c1ccccc1. The molecule has 106 valence electrons. The summed E-state index contributed by atoms with van der Waals surface area (Å²) in [4.78, 5) is 11.5. The molecule has 3 heteroatoms. The highest BCUT2D eigenvalue weighted by molar-refractivity contribution is 5.75. The number of unbranched alkanes of at least 4 members (excludes halogenated alkanes) is 1. The molecule has 1 aromatic rings. The molecule has 0 amide bonds. The molecule has 0 fully saturated rings. The molecule has 1 aromatic carbocycles. The summed E-state index contributed by atoms with van der Waals surface area (Å²) < 4.78 is 0. The maximum absolute atomic E-state index is 11.5. The van der Waals surface area contributed by atoms with E-state index >= 15 is 0 Å². The van der Waals surface area contributed by atoms with Crippen LogP contribution in [-0.4, -0.2) is 17.1 Å². The molecule has 0 saturated heterocycles. The number of carboxylic acid groups (broad SMARTS) is 1. The Bertz CT molecular complexity index is 364. The van der Waals surface area contributed by atoms with Gasteiger partial charge in [0.2, 0.25) is 0 Å². The van der Waals surface area contributed by atoms with Crippen molar-refractivity contribution in [1.82, 2.24) is 5.32 Å². The number of hydrogen-bond acceptors (Lipinski definition) is 2. The second kappa shape index (κ2) is 8.70. The summed E-state index contributed by atoms with van der Waals surface area (Å²) in [6.45, 7) is 4.30. The fourth-order valence-corrected chi connectivity index (χ4v) is 2.30. The Hall–Kier alpha value is -1.35. The van der Waals surface area contributed by atoms with E-state index in [1.54, 1.807) is 0 Å². The zero-order valence-electron chi connectivity index (χ0n) is 11.9. The van der Waals surface area contributed by atoms with Gasteiger partial charge in [0.15, 0.2) is 0 Å². The van der Waals surface area contributed by atoms with Gasteiger partial charge in [-0.15, -0.1) is 0 Å². The second-order valence-electron chi connectivity index (χ2n) is 4.98. The van der Waals surface area contributed by atoms with Crippen LogP contribution in [-0.2, 0) is 4.79 Å². The van der Waals surface area contributed by atoms with Gasteiger partial charge in [-0.3, -0.25) is 10.1 Å². The highest BCUT2D eigenvalue weighted by Gasteiger charge is 2.22. The predicted molar refractivity (Wildman–Crippen MR) is 78.2 cm³/mol. The number of hydrogen-bond donors (Lipinski definition) is 2. The standard InChI is InChI=1S/C16H25NO2/c1-3-5-12-14(9-4-2)17-15(16(18)19)13-10-7-6-8-11-13/h6-8,10-11,14-15,17H,3-5,9,12H2,1-2H3,(H,18,19). The summed E-state index contributed by atoms with van der Waals surface area (Å²) in [5, 5.41) is 12.7. The van der Waals surface area contributed by atoms with E-state index in [9.17, 15) is 9.90 Å². The van der Waals surface area contributed by atoms with Crippen molar-refractivity contribution in [3.05, 3.63) is 35.9 Å². The molecular weight excluding hydrogens is 238 g/mol. The van der Waals surface area contributed by atoms with Crippen LogP contribution in [0.3, 0.4) is 0 Å². The quantitative estimate of drug-likeness (QED) is 0.713. The molecule has 0 aliphatic heterocycles. The van der Waals surface area contributed by atoms with E-state index in [0.717, 1.165) is 37.7 Å². The first-order valence-corrected chi connectivity index (χ1v) is 7.22. The lowest BCUT2D eigenvalue weighted by atomic mass is 10.0. The molecule has 1 rings (SSSR count). The van der Waals surface area contributed by atoms with Crippen molar-refractivity contribution < 1.29 is 9.90 Å². The first kappa shape index (κ1) is 15.7. The van der Waals surface area contributed by atoms with Crippen molar-refractivity contribution in [3.63, 3.8) is 0 Å². The Morgan fingerprint density at radius 1 is 1.16 bits per heavy atom. The van der Waals surface area contributed by atoms with Gasteiger partial charge in [0.05, 0.1) is 0 Å². The maximum atomic E-state index is 11.5. The Labute approximate surface area is 116 Å². The minimum Gasteiger partial charge on any atom is -0.480 e. The third-order valence-electron chi connectivity index (χ3n) is 3.33. The first-order valence-electron chi connectivity index (χ1n) is 7.22. The van der Waals surface area contributed by atoms with Gasteiger partial charge < -0.3 is 5.11 Å². The second-order valence-corrected chi connectivity index (χ2v) is 4.98. The van der Waals surface area contributed by atoms with Crippen LogP contribution in [0.1, 0.15) is 57.6 Å². The lowest BCUT2D eigenvalue weighted by Gasteiger charge is -2.23. The highest BCUT2D eigenvalue weighted by atomic mass is 16.4. The summed E-state index contributed by atoms with van der Waals surface area (Å²) in [6.07, 6.45) is 5.42. The zero-order valence-corrected chi connectivity index (χ0v) is 11.9. The minimum atomic E-state index is -0.802. The van der Waals surface area contributed by atoms with Gasteiger partial charge in [0.1, 0.15) is 6.04 Å². The number of nitrogens with one attached hydrogen (secondary N) is 1. The van der Waals surface area contributed by atoms with Crippen LogP contribution >= 0.6 is 0 Å². The zero-order chi connectivity index (χ0) is 14.1. The molecule has 2 unspecified atom stereocenters. The van der Waals surface area contributed by atoms with Crippen molar-refractivity contribution in [2.45, 2.75) is 58.0 Å². The van der Waals surface area contributed by atoms with Crippen LogP contribution in [0.15, 0.2) is 30.3 Å². The molecule has 0 saturated carbocycles. The van der Waals surface area contributed by atoms with Crippen LogP contribution in [0.25, 0.3) is 0 Å². The number of carbonyl (C=O) groups is 1.